The summed E-state index contributed by atoms with van der Waals surface area (Å²) in [4.78, 5) is 15.2. The van der Waals surface area contributed by atoms with E-state index in [-0.39, 0.29) is 12.0 Å². The average molecular weight is 296 g/mol. The molecule has 0 aromatic rings. The highest BCUT2D eigenvalue weighted by Crippen LogP contribution is 2.42. The van der Waals surface area contributed by atoms with Gasteiger partial charge in [0.2, 0.25) is 0 Å². The smallest absolute Gasteiger partial charge is 0.327 e. The Morgan fingerprint density at radius 1 is 1.38 bits per heavy atom. The fourth-order valence-corrected chi connectivity index (χ4v) is 3.86. The number of nitrogens with one attached hydrogen (secondary N) is 1. The van der Waals surface area contributed by atoms with Crippen LogP contribution in [-0.4, -0.2) is 48.2 Å². The van der Waals surface area contributed by atoms with Gasteiger partial charge in [0, 0.05) is 25.2 Å². The normalized spacial score (nSPS) is 29.6. The van der Waals surface area contributed by atoms with Gasteiger partial charge in [0.1, 0.15) is 5.54 Å². The lowest BCUT2D eigenvalue weighted by Crippen LogP contribution is -2.63. The van der Waals surface area contributed by atoms with Crippen molar-refractivity contribution in [3.8, 4) is 0 Å². The lowest BCUT2D eigenvalue weighted by molar-refractivity contribution is -0.154. The van der Waals surface area contributed by atoms with Gasteiger partial charge in [-0.1, -0.05) is 6.92 Å². The summed E-state index contributed by atoms with van der Waals surface area (Å²) >= 11 is 0. The van der Waals surface area contributed by atoms with Gasteiger partial charge < -0.3 is 4.74 Å². The van der Waals surface area contributed by atoms with Crippen LogP contribution in [0.5, 0.6) is 0 Å². The molecule has 0 radical (unpaired) electrons. The first-order chi connectivity index (χ1) is 9.89. The largest absolute Gasteiger partial charge is 0.465 e. The number of hydrogen-bond donors (Lipinski definition) is 1. The van der Waals surface area contributed by atoms with Gasteiger partial charge in [0.05, 0.1) is 6.61 Å². The maximum absolute atomic E-state index is 12.7. The minimum atomic E-state index is -0.511. The van der Waals surface area contributed by atoms with Crippen LogP contribution < -0.4 is 5.32 Å². The third-order valence-corrected chi connectivity index (χ3v) is 4.83. The molecule has 2 aliphatic rings. The summed E-state index contributed by atoms with van der Waals surface area (Å²) in [6, 6.07) is 0.840. The maximum Gasteiger partial charge on any atom is 0.327 e. The van der Waals surface area contributed by atoms with Crippen LogP contribution in [0.15, 0.2) is 0 Å². The van der Waals surface area contributed by atoms with Crippen LogP contribution in [0.1, 0.15) is 53.9 Å². The van der Waals surface area contributed by atoms with E-state index in [1.165, 1.54) is 6.42 Å². The molecule has 1 saturated carbocycles. The van der Waals surface area contributed by atoms with Gasteiger partial charge >= 0.3 is 5.97 Å². The summed E-state index contributed by atoms with van der Waals surface area (Å²) in [5, 5.41) is 3.59. The molecule has 4 nitrogen and oxygen atoms in total. The zero-order chi connectivity index (χ0) is 15.6. The number of hydrogen-bond acceptors (Lipinski definition) is 4. The molecule has 21 heavy (non-hydrogen) atoms. The van der Waals surface area contributed by atoms with Crippen LogP contribution in [0.2, 0.25) is 0 Å². The molecule has 4 heteroatoms. The maximum atomic E-state index is 12.7. The van der Waals surface area contributed by atoms with Crippen LogP contribution >= 0.6 is 0 Å². The van der Waals surface area contributed by atoms with Gasteiger partial charge in [0.15, 0.2) is 0 Å². The third-order valence-electron chi connectivity index (χ3n) is 4.83. The second kappa shape index (κ2) is 6.66. The molecule has 3 atom stereocenters. The van der Waals surface area contributed by atoms with Gasteiger partial charge in [-0.25, -0.2) is 4.79 Å². The summed E-state index contributed by atoms with van der Waals surface area (Å²) in [6.07, 6.45) is 3.50. The quantitative estimate of drug-likeness (QED) is 0.733. The first-order valence-electron chi connectivity index (χ1n) is 8.58. The first-order valence-corrected chi connectivity index (χ1v) is 8.58. The molecule has 0 amide bonds. The molecule has 1 aliphatic carbocycles. The van der Waals surface area contributed by atoms with Crippen molar-refractivity contribution in [2.24, 2.45) is 11.8 Å². The van der Waals surface area contributed by atoms with Crippen molar-refractivity contribution in [2.45, 2.75) is 71.5 Å². The molecule has 0 aromatic carbocycles. The van der Waals surface area contributed by atoms with Crippen LogP contribution in [0.3, 0.4) is 0 Å². The molecule has 1 saturated heterocycles. The van der Waals surface area contributed by atoms with Crippen LogP contribution in [0.4, 0.5) is 0 Å². The second-order valence-electron chi connectivity index (χ2n) is 7.38. The number of nitrogens with zero attached hydrogens (tertiary/aromatic N) is 1. The highest BCUT2D eigenvalue weighted by Gasteiger charge is 2.53. The number of carbonyl (C=O) groups is 1. The van der Waals surface area contributed by atoms with Crippen LogP contribution in [0.25, 0.3) is 0 Å². The number of rotatable bonds is 7. The van der Waals surface area contributed by atoms with Crippen molar-refractivity contribution in [1.29, 1.82) is 0 Å². The van der Waals surface area contributed by atoms with Crippen LogP contribution in [-0.2, 0) is 9.53 Å². The van der Waals surface area contributed by atoms with Gasteiger partial charge in [-0.2, -0.15) is 0 Å². The average Bonchev–Trinajstić information content (AvgIpc) is 3.16. The Morgan fingerprint density at radius 3 is 2.48 bits per heavy atom. The lowest BCUT2D eigenvalue weighted by atomic mass is 9.90. The highest BCUT2D eigenvalue weighted by molar-refractivity contribution is 5.82. The molecule has 1 N–H and O–H groups in total. The Kier molecular flexibility index (Phi) is 5.31. The van der Waals surface area contributed by atoms with Gasteiger partial charge in [0.25, 0.3) is 0 Å². The van der Waals surface area contributed by atoms with Crippen molar-refractivity contribution < 1.29 is 9.53 Å². The molecule has 2 rings (SSSR count). The summed E-state index contributed by atoms with van der Waals surface area (Å²) in [6.45, 7) is 13.1. The summed E-state index contributed by atoms with van der Waals surface area (Å²) in [5.41, 5.74) is -0.511. The molecule has 0 aromatic heterocycles. The van der Waals surface area contributed by atoms with E-state index in [1.807, 2.05) is 6.92 Å². The van der Waals surface area contributed by atoms with Gasteiger partial charge in [-0.15, -0.1) is 0 Å². The molecule has 2 fully saturated rings. The standard InChI is InChI=1S/C17H32N2O2/c1-6-21-16(20)17(15-7-8-15,18-12(2)3)11-19-10-13(4)9-14(19)5/h12-15,18H,6-11H2,1-5H3. The summed E-state index contributed by atoms with van der Waals surface area (Å²) in [5.74, 6) is 1.10. The SMILES string of the molecule is CCOC(=O)C(CN1CC(C)CC1C)(NC(C)C)C1CC1. The molecule has 0 spiro atoms. The minimum Gasteiger partial charge on any atom is -0.465 e. The Morgan fingerprint density at radius 2 is 2.05 bits per heavy atom. The molecule has 1 heterocycles. The molecule has 3 unspecified atom stereocenters. The van der Waals surface area contributed by atoms with E-state index in [4.69, 9.17) is 4.74 Å². The Bertz CT molecular complexity index is 368. The molecule has 1 aliphatic heterocycles. The van der Waals surface area contributed by atoms with E-state index in [0.29, 0.717) is 18.6 Å². The summed E-state index contributed by atoms with van der Waals surface area (Å²) < 4.78 is 5.45. The Labute approximate surface area is 129 Å². The van der Waals surface area contributed by atoms with Crippen molar-refractivity contribution in [2.75, 3.05) is 19.7 Å². The summed E-state index contributed by atoms with van der Waals surface area (Å²) in [7, 11) is 0. The van der Waals surface area contributed by atoms with Gasteiger partial charge in [-0.3, -0.25) is 10.2 Å². The molecule has 122 valence electrons. The first kappa shape index (κ1) is 16.8. The van der Waals surface area contributed by atoms with Crippen molar-refractivity contribution in [3.05, 3.63) is 0 Å². The van der Waals surface area contributed by atoms with E-state index >= 15 is 0 Å². The van der Waals surface area contributed by atoms with E-state index in [0.717, 1.165) is 31.8 Å². The Hall–Kier alpha value is -0.610. The molecular weight excluding hydrogens is 264 g/mol. The van der Waals surface area contributed by atoms with E-state index in [1.54, 1.807) is 0 Å². The lowest BCUT2D eigenvalue weighted by Gasteiger charge is -2.39. The fraction of sp³-hybridized carbons (Fsp3) is 0.941. The molecule has 0 bridgehead atoms. The second-order valence-corrected chi connectivity index (χ2v) is 7.38. The molecular formula is C17H32N2O2. The van der Waals surface area contributed by atoms with Crippen molar-refractivity contribution in [3.63, 3.8) is 0 Å². The Balaban J connectivity index is 2.19. The van der Waals surface area contributed by atoms with Crippen molar-refractivity contribution in [1.82, 2.24) is 10.2 Å². The van der Waals surface area contributed by atoms with Crippen molar-refractivity contribution >= 4 is 5.97 Å². The van der Waals surface area contributed by atoms with Crippen LogP contribution in [0, 0.1) is 11.8 Å². The highest BCUT2D eigenvalue weighted by atomic mass is 16.5. The van der Waals surface area contributed by atoms with E-state index in [2.05, 4.69) is 37.9 Å². The number of carbonyl (C=O) groups excluding carboxylic acids is 1. The number of esters is 1. The topological polar surface area (TPSA) is 41.6 Å². The number of likely N-dealkylation sites (tertiary alicyclic amines) is 1. The predicted octanol–water partition coefficient (Wildman–Crippen LogP) is 2.43. The number of ether oxygens (including phenoxy) is 1. The zero-order valence-electron chi connectivity index (χ0n) is 14.3. The monoisotopic (exact) mass is 296 g/mol. The van der Waals surface area contributed by atoms with E-state index < -0.39 is 5.54 Å². The third kappa shape index (κ3) is 3.78. The minimum absolute atomic E-state index is 0.0482. The van der Waals surface area contributed by atoms with E-state index in [9.17, 15) is 4.79 Å². The zero-order valence-corrected chi connectivity index (χ0v) is 14.3. The predicted molar refractivity (Wildman–Crippen MR) is 85.2 cm³/mol. The van der Waals surface area contributed by atoms with Gasteiger partial charge in [-0.05, 0) is 58.8 Å². The fourth-order valence-electron chi connectivity index (χ4n) is 3.86.